The predicted octanol–water partition coefficient (Wildman–Crippen LogP) is 4.26. The van der Waals surface area contributed by atoms with Gasteiger partial charge in [0.05, 0.1) is 11.6 Å². The molecule has 9 nitrogen and oxygen atoms in total. The molecule has 210 valence electrons. The Hall–Kier alpha value is -3.37. The number of halogens is 1. The molecule has 3 heterocycles. The van der Waals surface area contributed by atoms with Crippen molar-refractivity contribution >= 4 is 28.5 Å². The highest BCUT2D eigenvalue weighted by Gasteiger charge is 2.22. The number of carbonyl (C=O) groups is 1. The van der Waals surface area contributed by atoms with Gasteiger partial charge in [0.1, 0.15) is 30.2 Å². The van der Waals surface area contributed by atoms with E-state index in [-0.39, 0.29) is 0 Å². The number of pyridine rings is 1. The van der Waals surface area contributed by atoms with E-state index in [4.69, 9.17) is 9.72 Å². The van der Waals surface area contributed by atoms with E-state index >= 15 is 0 Å². The number of para-hydroxylation sites is 1. The van der Waals surface area contributed by atoms with Crippen molar-refractivity contribution in [1.82, 2.24) is 19.9 Å². The van der Waals surface area contributed by atoms with Crippen LogP contribution in [0.5, 0.6) is 0 Å². The molecular formula is C29H39FN6O3. The molecule has 39 heavy (non-hydrogen) atoms. The molecule has 2 atom stereocenters. The summed E-state index contributed by atoms with van der Waals surface area (Å²) in [6.07, 6.45) is 4.66. The Labute approximate surface area is 229 Å². The minimum absolute atomic E-state index is 0.327. The van der Waals surface area contributed by atoms with Gasteiger partial charge in [0.15, 0.2) is 0 Å². The summed E-state index contributed by atoms with van der Waals surface area (Å²) in [6.45, 7) is 3.75. The molecule has 10 heteroatoms. The first kappa shape index (κ1) is 28.6. The number of ether oxygens (including phenoxy) is 1. The first-order valence-corrected chi connectivity index (χ1v) is 13.7. The fourth-order valence-corrected chi connectivity index (χ4v) is 4.96. The zero-order valence-electron chi connectivity index (χ0n) is 22.8. The van der Waals surface area contributed by atoms with Gasteiger partial charge < -0.3 is 25.4 Å². The minimum atomic E-state index is -0.962. The van der Waals surface area contributed by atoms with Crippen LogP contribution in [0.1, 0.15) is 42.8 Å². The van der Waals surface area contributed by atoms with Crippen molar-refractivity contribution in [2.24, 2.45) is 0 Å². The van der Waals surface area contributed by atoms with Crippen molar-refractivity contribution in [2.75, 3.05) is 50.6 Å². The maximum absolute atomic E-state index is 13.5. The Kier molecular flexibility index (Phi) is 10.4. The second-order valence-electron chi connectivity index (χ2n) is 10.1. The number of fused-ring (bicyclic) bond motifs is 2. The average Bonchev–Trinajstić information content (AvgIpc) is 2.95. The summed E-state index contributed by atoms with van der Waals surface area (Å²) in [4.78, 5) is 27.9. The molecule has 4 rings (SSSR count). The smallest absolute Gasteiger partial charge is 0.326 e. The maximum Gasteiger partial charge on any atom is 0.326 e. The van der Waals surface area contributed by atoms with Crippen LogP contribution in [0, 0.1) is 6.92 Å². The second-order valence-corrected chi connectivity index (χ2v) is 10.1. The van der Waals surface area contributed by atoms with Crippen LogP contribution in [0.3, 0.4) is 0 Å². The third-order valence-electron chi connectivity index (χ3n) is 7.13. The summed E-state index contributed by atoms with van der Waals surface area (Å²) in [7, 11) is 1.50. The normalized spacial score (nSPS) is 14.6. The number of nitrogens with zero attached hydrogens (tertiary/aromatic N) is 4. The number of benzene rings is 1. The number of hydrogen-bond donors (Lipinski definition) is 3. The molecule has 2 aromatic heterocycles. The summed E-state index contributed by atoms with van der Waals surface area (Å²) >= 11 is 0. The number of carboxylic acids is 1. The summed E-state index contributed by atoms with van der Waals surface area (Å²) < 4.78 is 18.8. The Morgan fingerprint density at radius 1 is 1.18 bits per heavy atom. The monoisotopic (exact) mass is 538 g/mol. The molecule has 0 saturated carbocycles. The van der Waals surface area contributed by atoms with Crippen molar-refractivity contribution in [3.05, 3.63) is 53.5 Å². The van der Waals surface area contributed by atoms with E-state index in [1.807, 2.05) is 24.3 Å². The van der Waals surface area contributed by atoms with Gasteiger partial charge in [-0.15, -0.1) is 0 Å². The molecule has 0 bridgehead atoms. The molecule has 2 unspecified atom stereocenters. The van der Waals surface area contributed by atoms with Gasteiger partial charge in [0.25, 0.3) is 0 Å². The molecule has 3 N–H and O–H groups in total. The lowest BCUT2D eigenvalue weighted by Crippen LogP contribution is -2.40. The van der Waals surface area contributed by atoms with E-state index in [9.17, 15) is 14.3 Å². The highest BCUT2D eigenvalue weighted by atomic mass is 19.1. The predicted molar refractivity (Wildman–Crippen MR) is 151 cm³/mol. The molecule has 1 aliphatic heterocycles. The quantitative estimate of drug-likeness (QED) is 0.244. The number of rotatable bonds is 15. The zero-order chi connectivity index (χ0) is 27.6. The summed E-state index contributed by atoms with van der Waals surface area (Å²) in [5.74, 6) is 1.11. The molecule has 3 aromatic rings. The number of aromatic nitrogens is 3. The van der Waals surface area contributed by atoms with Crippen LogP contribution in [0.15, 0.2) is 36.4 Å². The average molecular weight is 539 g/mol. The fraction of sp³-hybridized carbons (Fsp3) is 0.517. The number of aryl methyl sites for hydroxylation is 3. The van der Waals surface area contributed by atoms with Crippen LogP contribution in [0.2, 0.25) is 0 Å². The molecule has 0 fully saturated rings. The third-order valence-corrected chi connectivity index (χ3v) is 7.13. The van der Waals surface area contributed by atoms with Crippen LogP contribution in [-0.4, -0.2) is 83.0 Å². The van der Waals surface area contributed by atoms with Crippen LogP contribution < -0.4 is 10.6 Å². The molecular weight excluding hydrogens is 499 g/mol. The first-order valence-electron chi connectivity index (χ1n) is 13.7. The van der Waals surface area contributed by atoms with Gasteiger partial charge in [-0.2, -0.15) is 0 Å². The lowest BCUT2D eigenvalue weighted by atomic mass is 10.1. The van der Waals surface area contributed by atoms with Gasteiger partial charge in [-0.3, -0.25) is 0 Å². The van der Waals surface area contributed by atoms with Crippen LogP contribution in [0.25, 0.3) is 10.9 Å². The van der Waals surface area contributed by atoms with Crippen LogP contribution in [-0.2, 0) is 22.4 Å². The molecule has 0 radical (unpaired) electrons. The Balaban J connectivity index is 1.35. The Bertz CT molecular complexity index is 1240. The number of methoxy groups -OCH3 is 1. The van der Waals surface area contributed by atoms with E-state index in [2.05, 4.69) is 37.6 Å². The molecule has 0 spiro atoms. The zero-order valence-corrected chi connectivity index (χ0v) is 22.8. The first-order chi connectivity index (χ1) is 19.0. The minimum Gasteiger partial charge on any atom is -0.480 e. The van der Waals surface area contributed by atoms with Crippen molar-refractivity contribution in [3.63, 3.8) is 0 Å². The highest BCUT2D eigenvalue weighted by molar-refractivity contribution is 5.90. The van der Waals surface area contributed by atoms with E-state index in [0.717, 1.165) is 61.1 Å². The standard InChI is InChI=1S/C29H39FN6O3/c1-20-32-25-11-4-3-10-24(25)28(33-20)35-26(29(37)38)14-17-36(19-23(18-30)39-2)16-6-5-9-22-13-12-21-8-7-15-31-27(21)34-22/h3-4,10-13,23,26H,5-9,14-19H2,1-2H3,(H,31,34)(H,37,38)(H,32,33,35). The summed E-state index contributed by atoms with van der Waals surface area (Å²) in [6, 6.07) is 10.9. The molecule has 0 amide bonds. The van der Waals surface area contributed by atoms with Gasteiger partial charge in [0.2, 0.25) is 0 Å². The fourth-order valence-electron chi connectivity index (χ4n) is 4.96. The molecule has 1 aromatic carbocycles. The van der Waals surface area contributed by atoms with Crippen LogP contribution >= 0.6 is 0 Å². The molecule has 0 saturated heterocycles. The number of alkyl halides is 1. The lowest BCUT2D eigenvalue weighted by molar-refractivity contribution is -0.138. The largest absolute Gasteiger partial charge is 0.480 e. The number of carboxylic acid groups (broad SMARTS) is 1. The highest BCUT2D eigenvalue weighted by Crippen LogP contribution is 2.22. The van der Waals surface area contributed by atoms with Gasteiger partial charge in [0, 0.05) is 37.8 Å². The van der Waals surface area contributed by atoms with Crippen LogP contribution in [0.4, 0.5) is 16.0 Å². The topological polar surface area (TPSA) is 113 Å². The number of hydrogen-bond acceptors (Lipinski definition) is 8. The van der Waals surface area contributed by atoms with Crippen molar-refractivity contribution in [3.8, 4) is 0 Å². The number of anilines is 2. The lowest BCUT2D eigenvalue weighted by Gasteiger charge is -2.27. The SMILES string of the molecule is COC(CF)CN(CCCCc1ccc2c(n1)NCCC2)CCC(Nc1nc(C)nc2ccccc12)C(=O)O. The van der Waals surface area contributed by atoms with Crippen molar-refractivity contribution in [2.45, 2.75) is 57.6 Å². The van der Waals surface area contributed by atoms with E-state index < -0.39 is 24.8 Å². The second kappa shape index (κ2) is 14.1. The molecule has 1 aliphatic rings. The summed E-state index contributed by atoms with van der Waals surface area (Å²) in [5, 5.41) is 17.2. The van der Waals surface area contributed by atoms with Gasteiger partial charge in [-0.1, -0.05) is 18.2 Å². The van der Waals surface area contributed by atoms with Gasteiger partial charge in [-0.25, -0.2) is 24.1 Å². The number of nitrogens with one attached hydrogen (secondary N) is 2. The summed E-state index contributed by atoms with van der Waals surface area (Å²) in [5.41, 5.74) is 3.10. The van der Waals surface area contributed by atoms with E-state index in [0.29, 0.717) is 37.7 Å². The van der Waals surface area contributed by atoms with Gasteiger partial charge >= 0.3 is 5.97 Å². The number of unbranched alkanes of at least 4 members (excludes halogenated alkanes) is 1. The van der Waals surface area contributed by atoms with E-state index in [1.165, 1.54) is 12.7 Å². The maximum atomic E-state index is 13.5. The Morgan fingerprint density at radius 2 is 2.03 bits per heavy atom. The number of aliphatic carboxylic acids is 1. The van der Waals surface area contributed by atoms with E-state index in [1.54, 1.807) is 6.92 Å². The molecule has 0 aliphatic carbocycles. The Morgan fingerprint density at radius 3 is 2.82 bits per heavy atom. The van der Waals surface area contributed by atoms with Gasteiger partial charge in [-0.05, 0) is 75.8 Å². The van der Waals surface area contributed by atoms with Crippen molar-refractivity contribution < 1.29 is 19.0 Å². The van der Waals surface area contributed by atoms with Crippen molar-refractivity contribution in [1.29, 1.82) is 0 Å². The third kappa shape index (κ3) is 8.06.